The Bertz CT molecular complexity index is 883. The zero-order valence-electron chi connectivity index (χ0n) is 16.6. The third-order valence-corrected chi connectivity index (χ3v) is 5.84. The summed E-state index contributed by atoms with van der Waals surface area (Å²) in [7, 11) is 0. The van der Waals surface area contributed by atoms with Gasteiger partial charge < -0.3 is 9.64 Å². The number of nitrogens with one attached hydrogen (secondary N) is 1. The molecule has 2 aliphatic heterocycles. The minimum atomic E-state index is -0.216. The van der Waals surface area contributed by atoms with Crippen molar-refractivity contribution >= 4 is 28.4 Å². The summed E-state index contributed by atoms with van der Waals surface area (Å²) in [5.74, 6) is -0.148. The molecule has 152 valence electrons. The molecule has 1 N–H and O–H groups in total. The fraction of sp³-hybridized carbons (Fsp3) is 0.435. The maximum Gasteiger partial charge on any atom is 0.261 e. The van der Waals surface area contributed by atoms with E-state index in [2.05, 4.69) is 0 Å². The third kappa shape index (κ3) is 4.23. The molecule has 0 atom stereocenters. The number of rotatable bonds is 8. The molecule has 2 amide bonds. The number of imide groups is 1. The molecule has 0 aliphatic carbocycles. The Balaban J connectivity index is 1.28. The van der Waals surface area contributed by atoms with Crippen LogP contribution in [0.2, 0.25) is 0 Å². The van der Waals surface area contributed by atoms with Gasteiger partial charge in [0.15, 0.2) is 5.78 Å². The second-order valence-corrected chi connectivity index (χ2v) is 7.86. The number of benzene rings is 2. The van der Waals surface area contributed by atoms with Crippen molar-refractivity contribution in [2.45, 2.75) is 25.7 Å². The molecule has 0 radical (unpaired) electrons. The standard InChI is InChI=1S/C23H26N2O4/c26-18(16-24-12-14-29-15-13-24)8-2-1-3-11-25-22(27)19-9-4-6-17-7-5-10-20(21(17)19)23(25)28/h4-7,9-10H,1-3,8,11-16H2/p+1. The number of ether oxygens (including phenoxy) is 1. The summed E-state index contributed by atoms with van der Waals surface area (Å²) in [6.07, 6.45) is 2.90. The van der Waals surface area contributed by atoms with Gasteiger partial charge in [-0.25, -0.2) is 0 Å². The summed E-state index contributed by atoms with van der Waals surface area (Å²) in [6.45, 7) is 4.24. The number of nitrogens with zero attached hydrogens (tertiary/aromatic N) is 1. The second-order valence-electron chi connectivity index (χ2n) is 7.86. The molecule has 2 aromatic rings. The molecule has 6 nitrogen and oxygen atoms in total. The topological polar surface area (TPSA) is 68.1 Å². The summed E-state index contributed by atoms with van der Waals surface area (Å²) in [5, 5.41) is 1.68. The molecule has 0 bridgehead atoms. The van der Waals surface area contributed by atoms with Crippen LogP contribution in [-0.4, -0.2) is 61.9 Å². The van der Waals surface area contributed by atoms with Crippen molar-refractivity contribution < 1.29 is 24.0 Å². The van der Waals surface area contributed by atoms with Crippen LogP contribution in [0.4, 0.5) is 0 Å². The van der Waals surface area contributed by atoms with Crippen LogP contribution < -0.4 is 4.90 Å². The highest BCUT2D eigenvalue weighted by molar-refractivity contribution is 6.25. The normalized spacial score (nSPS) is 17.2. The van der Waals surface area contributed by atoms with Gasteiger partial charge in [-0.3, -0.25) is 19.3 Å². The molecular weight excluding hydrogens is 368 g/mol. The van der Waals surface area contributed by atoms with Crippen LogP contribution in [0.15, 0.2) is 36.4 Å². The van der Waals surface area contributed by atoms with Gasteiger partial charge in [0.25, 0.3) is 11.8 Å². The first-order valence-corrected chi connectivity index (χ1v) is 10.5. The van der Waals surface area contributed by atoms with E-state index in [-0.39, 0.29) is 17.6 Å². The molecule has 2 aliphatic rings. The number of hydrogen-bond acceptors (Lipinski definition) is 4. The Kier molecular flexibility index (Phi) is 6.02. The monoisotopic (exact) mass is 395 g/mol. The van der Waals surface area contributed by atoms with E-state index in [9.17, 15) is 14.4 Å². The summed E-state index contributed by atoms with van der Waals surface area (Å²) in [5.41, 5.74) is 1.20. The summed E-state index contributed by atoms with van der Waals surface area (Å²) in [4.78, 5) is 40.5. The Hall–Kier alpha value is -2.57. The maximum absolute atomic E-state index is 12.8. The van der Waals surface area contributed by atoms with Gasteiger partial charge in [-0.05, 0) is 30.4 Å². The number of amides is 2. The molecule has 2 heterocycles. The van der Waals surface area contributed by atoms with Gasteiger partial charge in [0.1, 0.15) is 19.6 Å². The van der Waals surface area contributed by atoms with E-state index in [1.54, 1.807) is 12.1 Å². The summed E-state index contributed by atoms with van der Waals surface area (Å²) in [6, 6.07) is 11.1. The van der Waals surface area contributed by atoms with Crippen LogP contribution >= 0.6 is 0 Å². The molecule has 6 heteroatoms. The quantitative estimate of drug-likeness (QED) is 0.543. The fourth-order valence-corrected chi connectivity index (χ4v) is 4.26. The molecule has 0 spiro atoms. The Morgan fingerprint density at radius 3 is 2.24 bits per heavy atom. The number of ketones is 1. The SMILES string of the molecule is O=C(CCCCCN1C(=O)c2cccc3cccc(c23)C1=O)C[NH+]1CCOCC1. The number of Topliss-reactive ketones (excluding diaryl/α,β-unsaturated/α-hetero) is 1. The summed E-state index contributed by atoms with van der Waals surface area (Å²) < 4.78 is 5.32. The first-order chi connectivity index (χ1) is 14.1. The van der Waals surface area contributed by atoms with Gasteiger partial charge in [0.2, 0.25) is 0 Å². The number of unbranched alkanes of at least 4 members (excludes halogenated alkanes) is 2. The van der Waals surface area contributed by atoms with Crippen molar-refractivity contribution in [1.29, 1.82) is 0 Å². The highest BCUT2D eigenvalue weighted by Gasteiger charge is 2.32. The van der Waals surface area contributed by atoms with Crippen LogP contribution in [0.5, 0.6) is 0 Å². The third-order valence-electron chi connectivity index (χ3n) is 5.84. The lowest BCUT2D eigenvalue weighted by Crippen LogP contribution is -3.14. The molecule has 29 heavy (non-hydrogen) atoms. The van der Waals surface area contributed by atoms with E-state index in [4.69, 9.17) is 4.74 Å². The number of morpholine rings is 1. The highest BCUT2D eigenvalue weighted by atomic mass is 16.5. The molecular formula is C23H27N2O4+. The zero-order valence-corrected chi connectivity index (χ0v) is 16.6. The molecule has 0 unspecified atom stereocenters. The number of quaternary nitrogens is 1. The van der Waals surface area contributed by atoms with Gasteiger partial charge in [0.05, 0.1) is 13.2 Å². The predicted octanol–water partition coefficient (Wildman–Crippen LogP) is 1.48. The Morgan fingerprint density at radius 2 is 1.59 bits per heavy atom. The smallest absolute Gasteiger partial charge is 0.261 e. The van der Waals surface area contributed by atoms with Gasteiger partial charge in [-0.2, -0.15) is 0 Å². The molecule has 1 saturated heterocycles. The van der Waals surface area contributed by atoms with Crippen LogP contribution in [0.1, 0.15) is 46.4 Å². The molecule has 0 aromatic heterocycles. The van der Waals surface area contributed by atoms with Crippen LogP contribution in [0, 0.1) is 0 Å². The Labute approximate surface area is 170 Å². The second kappa shape index (κ2) is 8.84. The van der Waals surface area contributed by atoms with Crippen LogP contribution in [-0.2, 0) is 9.53 Å². The summed E-state index contributed by atoms with van der Waals surface area (Å²) >= 11 is 0. The largest absolute Gasteiger partial charge is 0.370 e. The van der Waals surface area contributed by atoms with E-state index in [0.717, 1.165) is 49.9 Å². The maximum atomic E-state index is 12.8. The lowest BCUT2D eigenvalue weighted by Gasteiger charge is -2.27. The van der Waals surface area contributed by atoms with E-state index in [0.29, 0.717) is 37.1 Å². The van der Waals surface area contributed by atoms with E-state index in [1.807, 2.05) is 24.3 Å². The van der Waals surface area contributed by atoms with E-state index >= 15 is 0 Å². The lowest BCUT2D eigenvalue weighted by molar-refractivity contribution is -0.900. The Morgan fingerprint density at radius 1 is 0.931 bits per heavy atom. The minimum Gasteiger partial charge on any atom is -0.370 e. The first kappa shape index (κ1) is 19.7. The molecule has 4 rings (SSSR count). The highest BCUT2D eigenvalue weighted by Crippen LogP contribution is 2.30. The van der Waals surface area contributed by atoms with Gasteiger partial charge >= 0.3 is 0 Å². The van der Waals surface area contributed by atoms with Gasteiger partial charge in [0, 0.05) is 29.5 Å². The van der Waals surface area contributed by atoms with Crippen molar-refractivity contribution in [3.63, 3.8) is 0 Å². The van der Waals surface area contributed by atoms with Crippen molar-refractivity contribution in [1.82, 2.24) is 4.90 Å². The molecule has 2 aromatic carbocycles. The first-order valence-electron chi connectivity index (χ1n) is 10.5. The van der Waals surface area contributed by atoms with Crippen molar-refractivity contribution in [2.75, 3.05) is 39.4 Å². The minimum absolute atomic E-state index is 0.216. The molecule has 0 saturated carbocycles. The van der Waals surface area contributed by atoms with Crippen molar-refractivity contribution in [3.05, 3.63) is 47.5 Å². The van der Waals surface area contributed by atoms with E-state index in [1.165, 1.54) is 9.80 Å². The fourth-order valence-electron chi connectivity index (χ4n) is 4.26. The van der Waals surface area contributed by atoms with Crippen LogP contribution in [0.25, 0.3) is 10.8 Å². The van der Waals surface area contributed by atoms with E-state index < -0.39 is 0 Å². The average Bonchev–Trinajstić information content (AvgIpc) is 2.74. The van der Waals surface area contributed by atoms with Crippen LogP contribution in [0.3, 0.4) is 0 Å². The number of hydrogen-bond donors (Lipinski definition) is 1. The average molecular weight is 395 g/mol. The number of carbonyl (C=O) groups excluding carboxylic acids is 3. The van der Waals surface area contributed by atoms with Crippen molar-refractivity contribution in [3.8, 4) is 0 Å². The number of carbonyl (C=O) groups is 3. The van der Waals surface area contributed by atoms with Gasteiger partial charge in [-0.1, -0.05) is 30.7 Å². The zero-order chi connectivity index (χ0) is 20.2. The lowest BCUT2D eigenvalue weighted by atomic mass is 9.94. The predicted molar refractivity (Wildman–Crippen MR) is 109 cm³/mol. The van der Waals surface area contributed by atoms with Gasteiger partial charge in [-0.15, -0.1) is 0 Å². The van der Waals surface area contributed by atoms with Crippen molar-refractivity contribution in [2.24, 2.45) is 0 Å². The molecule has 1 fully saturated rings.